The summed E-state index contributed by atoms with van der Waals surface area (Å²) in [7, 11) is 0. The lowest BCUT2D eigenvalue weighted by molar-refractivity contribution is -0.138. The summed E-state index contributed by atoms with van der Waals surface area (Å²) >= 11 is 1.65. The van der Waals surface area contributed by atoms with Crippen LogP contribution >= 0.6 is 11.3 Å². The molecule has 2 aromatic rings. The van der Waals surface area contributed by atoms with Crippen molar-refractivity contribution >= 4 is 23.0 Å². The van der Waals surface area contributed by atoms with Crippen molar-refractivity contribution in [3.05, 3.63) is 52.2 Å². The molecule has 126 valence electrons. The van der Waals surface area contributed by atoms with E-state index >= 15 is 0 Å². The smallest absolute Gasteiger partial charge is 0.263 e. The third-order valence-electron chi connectivity index (χ3n) is 4.37. The highest BCUT2D eigenvalue weighted by Crippen LogP contribution is 2.33. The van der Waals surface area contributed by atoms with Gasteiger partial charge in [0, 0.05) is 12.1 Å². The van der Waals surface area contributed by atoms with Gasteiger partial charge in [0.1, 0.15) is 5.75 Å². The zero-order valence-corrected chi connectivity index (χ0v) is 14.7. The Bertz CT molecular complexity index is 726. The lowest BCUT2D eigenvalue weighted by Gasteiger charge is -2.27. The van der Waals surface area contributed by atoms with Crippen LogP contribution in [0.2, 0.25) is 0 Å². The second-order valence-electron chi connectivity index (χ2n) is 6.09. The predicted molar refractivity (Wildman–Crippen MR) is 94.5 cm³/mol. The summed E-state index contributed by atoms with van der Waals surface area (Å²) in [6, 6.07) is 9.21. The van der Waals surface area contributed by atoms with Gasteiger partial charge in [-0.1, -0.05) is 12.1 Å². The largest absolute Gasteiger partial charge is 0.481 e. The number of carbonyl (C=O) groups excluding carboxylic acids is 2. The van der Waals surface area contributed by atoms with Gasteiger partial charge in [-0.15, -0.1) is 0 Å². The lowest BCUT2D eigenvalue weighted by Crippen LogP contribution is -2.40. The summed E-state index contributed by atoms with van der Waals surface area (Å²) in [5.74, 6) is 0.531. The molecule has 0 bridgehead atoms. The average molecular weight is 343 g/mol. The van der Waals surface area contributed by atoms with Gasteiger partial charge in [-0.05, 0) is 61.2 Å². The summed E-state index contributed by atoms with van der Waals surface area (Å²) in [5, 5.41) is 4.15. The van der Waals surface area contributed by atoms with Gasteiger partial charge in [0.25, 0.3) is 5.91 Å². The molecule has 4 nitrogen and oxygen atoms in total. The number of nitrogens with zero attached hydrogens (tertiary/aromatic N) is 1. The zero-order valence-electron chi connectivity index (χ0n) is 13.9. The highest BCUT2D eigenvalue weighted by atomic mass is 32.1. The summed E-state index contributed by atoms with van der Waals surface area (Å²) in [5.41, 5.74) is 1.79. The Balaban J connectivity index is 1.70. The second kappa shape index (κ2) is 7.18. The molecule has 0 spiro atoms. The van der Waals surface area contributed by atoms with Crippen LogP contribution in [0.15, 0.2) is 41.1 Å². The SMILES string of the molecule is CC(=O)c1cccc(O[C@@H](C)C(=O)N2CCC[C@H]2c2ccsc2)c1. The molecular formula is C19H21NO3S. The van der Waals surface area contributed by atoms with Crippen LogP contribution in [-0.2, 0) is 4.79 Å². The Morgan fingerprint density at radius 3 is 2.88 bits per heavy atom. The van der Waals surface area contributed by atoms with Gasteiger partial charge in [-0.25, -0.2) is 0 Å². The standard InChI is InChI=1S/C19H21NO3S/c1-13(21)15-5-3-6-17(11-15)23-14(2)19(22)20-9-4-7-18(20)16-8-10-24-12-16/h3,5-6,8,10-12,14,18H,4,7,9H2,1-2H3/t14-,18-/m0/s1. The number of Topliss-reactive ketones (excluding diaryl/α,β-unsaturated/α-hetero) is 1. The van der Waals surface area contributed by atoms with Gasteiger partial charge in [-0.3, -0.25) is 9.59 Å². The number of rotatable bonds is 5. The van der Waals surface area contributed by atoms with E-state index in [-0.39, 0.29) is 17.7 Å². The van der Waals surface area contributed by atoms with Crippen LogP contribution in [0.25, 0.3) is 0 Å². The number of carbonyl (C=O) groups is 2. The van der Waals surface area contributed by atoms with Gasteiger partial charge >= 0.3 is 0 Å². The number of amides is 1. The summed E-state index contributed by atoms with van der Waals surface area (Å²) in [4.78, 5) is 26.2. The Morgan fingerprint density at radius 2 is 2.17 bits per heavy atom. The van der Waals surface area contributed by atoms with Gasteiger partial charge < -0.3 is 9.64 Å². The van der Waals surface area contributed by atoms with Crippen LogP contribution < -0.4 is 4.74 Å². The molecule has 2 heterocycles. The zero-order chi connectivity index (χ0) is 17.1. The molecule has 1 saturated heterocycles. The van der Waals surface area contributed by atoms with Crippen LogP contribution in [0.1, 0.15) is 48.7 Å². The Labute approximate surface area is 146 Å². The van der Waals surface area contributed by atoms with Crippen LogP contribution in [0, 0.1) is 0 Å². The number of thiophene rings is 1. The first kappa shape index (κ1) is 16.7. The van der Waals surface area contributed by atoms with Crippen molar-refractivity contribution in [2.75, 3.05) is 6.54 Å². The van der Waals surface area contributed by atoms with Crippen LogP contribution in [-0.4, -0.2) is 29.2 Å². The van der Waals surface area contributed by atoms with Gasteiger partial charge in [0.15, 0.2) is 11.9 Å². The molecule has 0 N–H and O–H groups in total. The van der Waals surface area contributed by atoms with Crippen LogP contribution in [0.5, 0.6) is 5.75 Å². The maximum absolute atomic E-state index is 12.8. The number of benzene rings is 1. The third kappa shape index (κ3) is 3.51. The number of ether oxygens (including phenoxy) is 1. The Hall–Kier alpha value is -2.14. The van der Waals surface area contributed by atoms with Crippen molar-refractivity contribution in [1.29, 1.82) is 0 Å². The highest BCUT2D eigenvalue weighted by molar-refractivity contribution is 7.08. The van der Waals surface area contributed by atoms with Gasteiger partial charge in [-0.2, -0.15) is 11.3 Å². The molecule has 1 aliphatic heterocycles. The van der Waals surface area contributed by atoms with E-state index < -0.39 is 6.10 Å². The normalized spacial score (nSPS) is 18.4. The fraction of sp³-hybridized carbons (Fsp3) is 0.368. The molecule has 3 rings (SSSR count). The molecular weight excluding hydrogens is 322 g/mol. The van der Waals surface area contributed by atoms with E-state index in [0.29, 0.717) is 11.3 Å². The first-order chi connectivity index (χ1) is 11.6. The first-order valence-corrected chi connectivity index (χ1v) is 9.11. The molecule has 5 heteroatoms. The fourth-order valence-corrected chi connectivity index (χ4v) is 3.83. The van der Waals surface area contributed by atoms with E-state index in [0.717, 1.165) is 19.4 Å². The van der Waals surface area contributed by atoms with Crippen molar-refractivity contribution < 1.29 is 14.3 Å². The minimum atomic E-state index is -0.577. The summed E-state index contributed by atoms with van der Waals surface area (Å²) in [6.07, 6.45) is 1.43. The van der Waals surface area contributed by atoms with Crippen molar-refractivity contribution in [2.24, 2.45) is 0 Å². The van der Waals surface area contributed by atoms with Gasteiger partial charge in [0.2, 0.25) is 0 Å². The monoisotopic (exact) mass is 343 g/mol. The minimum Gasteiger partial charge on any atom is -0.481 e. The molecule has 0 unspecified atom stereocenters. The van der Waals surface area contributed by atoms with Crippen molar-refractivity contribution in [2.45, 2.75) is 38.8 Å². The fourth-order valence-electron chi connectivity index (χ4n) is 3.12. The number of likely N-dealkylation sites (tertiary alicyclic amines) is 1. The van der Waals surface area contributed by atoms with Crippen molar-refractivity contribution in [1.82, 2.24) is 4.90 Å². The topological polar surface area (TPSA) is 46.6 Å². The summed E-state index contributed by atoms with van der Waals surface area (Å²) in [6.45, 7) is 4.05. The van der Waals surface area contributed by atoms with E-state index in [9.17, 15) is 9.59 Å². The highest BCUT2D eigenvalue weighted by Gasteiger charge is 2.33. The van der Waals surface area contributed by atoms with Crippen molar-refractivity contribution in [3.8, 4) is 5.75 Å². The second-order valence-corrected chi connectivity index (χ2v) is 6.87. The maximum Gasteiger partial charge on any atom is 0.263 e. The van der Waals surface area contributed by atoms with Gasteiger partial charge in [0.05, 0.1) is 6.04 Å². The quantitative estimate of drug-likeness (QED) is 0.769. The van der Waals surface area contributed by atoms with E-state index in [4.69, 9.17) is 4.74 Å². The van der Waals surface area contributed by atoms with Crippen LogP contribution in [0.3, 0.4) is 0 Å². The van der Waals surface area contributed by atoms with E-state index in [1.54, 1.807) is 42.5 Å². The molecule has 0 radical (unpaired) electrons. The molecule has 1 amide bonds. The molecule has 1 aliphatic rings. The van der Waals surface area contributed by atoms with E-state index in [2.05, 4.69) is 11.4 Å². The first-order valence-electron chi connectivity index (χ1n) is 8.16. The summed E-state index contributed by atoms with van der Waals surface area (Å²) < 4.78 is 5.80. The molecule has 1 fully saturated rings. The van der Waals surface area contributed by atoms with Crippen molar-refractivity contribution in [3.63, 3.8) is 0 Å². The Morgan fingerprint density at radius 1 is 1.33 bits per heavy atom. The molecule has 1 aromatic carbocycles. The average Bonchev–Trinajstić information content (AvgIpc) is 3.25. The van der Waals surface area contributed by atoms with Crippen LogP contribution in [0.4, 0.5) is 0 Å². The van der Waals surface area contributed by atoms with E-state index in [1.807, 2.05) is 10.3 Å². The molecule has 24 heavy (non-hydrogen) atoms. The molecule has 0 saturated carbocycles. The Kier molecular flexibility index (Phi) is 5.00. The predicted octanol–water partition coefficient (Wildman–Crippen LogP) is 4.08. The minimum absolute atomic E-state index is 0.00284. The number of ketones is 1. The molecule has 0 aliphatic carbocycles. The molecule has 1 aromatic heterocycles. The molecule has 2 atom stereocenters. The van der Waals surface area contributed by atoms with E-state index in [1.165, 1.54) is 12.5 Å². The number of hydrogen-bond donors (Lipinski definition) is 0. The lowest BCUT2D eigenvalue weighted by atomic mass is 10.1. The number of hydrogen-bond acceptors (Lipinski definition) is 4. The third-order valence-corrected chi connectivity index (χ3v) is 5.07. The maximum atomic E-state index is 12.8.